The van der Waals surface area contributed by atoms with Gasteiger partial charge in [-0.25, -0.2) is 0 Å². The molecule has 19 heavy (non-hydrogen) atoms. The number of rotatable bonds is 2. The summed E-state index contributed by atoms with van der Waals surface area (Å²) in [7, 11) is 0. The Balaban J connectivity index is 2.25. The molecule has 0 aromatic heterocycles. The minimum atomic E-state index is -0.0388. The molecule has 0 aliphatic carbocycles. The van der Waals surface area contributed by atoms with Gasteiger partial charge in [0.25, 0.3) is 0 Å². The van der Waals surface area contributed by atoms with E-state index in [4.69, 9.17) is 0 Å². The lowest BCUT2D eigenvalue weighted by Gasteiger charge is -2.30. The topological polar surface area (TPSA) is 32.3 Å². The van der Waals surface area contributed by atoms with Crippen LogP contribution in [-0.2, 0) is 4.79 Å². The summed E-state index contributed by atoms with van der Waals surface area (Å²) in [6.07, 6.45) is 0.565. The van der Waals surface area contributed by atoms with Gasteiger partial charge in [-0.2, -0.15) is 0 Å². The molecule has 0 radical (unpaired) electrons. The first-order chi connectivity index (χ1) is 8.89. The SMILES string of the molecule is CC(C)c1ccc(N2CC(C)(C)NCCC2=O)cc1. The molecule has 2 rings (SSSR count). The second kappa shape index (κ2) is 5.33. The van der Waals surface area contributed by atoms with Gasteiger partial charge in [0.2, 0.25) is 5.91 Å². The molecule has 104 valence electrons. The van der Waals surface area contributed by atoms with E-state index in [9.17, 15) is 4.79 Å². The van der Waals surface area contributed by atoms with E-state index in [1.54, 1.807) is 0 Å². The van der Waals surface area contributed by atoms with Crippen molar-refractivity contribution in [1.29, 1.82) is 0 Å². The van der Waals surface area contributed by atoms with Crippen LogP contribution in [0.1, 0.15) is 45.6 Å². The Kier molecular flexibility index (Phi) is 3.95. The number of nitrogens with one attached hydrogen (secondary N) is 1. The van der Waals surface area contributed by atoms with Gasteiger partial charge in [-0.3, -0.25) is 4.79 Å². The van der Waals surface area contributed by atoms with E-state index in [1.807, 2.05) is 4.90 Å². The zero-order chi connectivity index (χ0) is 14.0. The normalized spacial score (nSPS) is 19.6. The molecule has 1 amide bonds. The van der Waals surface area contributed by atoms with Gasteiger partial charge in [0.1, 0.15) is 0 Å². The molecule has 0 saturated carbocycles. The number of carbonyl (C=O) groups excluding carboxylic acids is 1. The summed E-state index contributed by atoms with van der Waals surface area (Å²) >= 11 is 0. The fraction of sp³-hybridized carbons (Fsp3) is 0.562. The van der Waals surface area contributed by atoms with Crippen LogP contribution in [0.3, 0.4) is 0 Å². The number of benzene rings is 1. The second-order valence-corrected chi connectivity index (χ2v) is 6.29. The van der Waals surface area contributed by atoms with Gasteiger partial charge in [-0.05, 0) is 37.5 Å². The molecule has 1 aromatic rings. The maximum Gasteiger partial charge on any atom is 0.228 e. The van der Waals surface area contributed by atoms with E-state index in [0.29, 0.717) is 18.9 Å². The molecule has 1 N–H and O–H groups in total. The highest BCUT2D eigenvalue weighted by molar-refractivity contribution is 5.94. The van der Waals surface area contributed by atoms with Crippen LogP contribution < -0.4 is 10.2 Å². The van der Waals surface area contributed by atoms with Crippen LogP contribution in [0.4, 0.5) is 5.69 Å². The number of hydrogen-bond acceptors (Lipinski definition) is 2. The molecule has 3 heteroatoms. The third-order valence-corrected chi connectivity index (χ3v) is 3.67. The highest BCUT2D eigenvalue weighted by Gasteiger charge is 2.28. The summed E-state index contributed by atoms with van der Waals surface area (Å²) in [5, 5.41) is 3.42. The Morgan fingerprint density at radius 2 is 1.84 bits per heavy atom. The summed E-state index contributed by atoms with van der Waals surface area (Å²) < 4.78 is 0. The van der Waals surface area contributed by atoms with Crippen molar-refractivity contribution in [3.8, 4) is 0 Å². The van der Waals surface area contributed by atoms with Gasteiger partial charge < -0.3 is 10.2 Å². The molecule has 1 aliphatic heterocycles. The van der Waals surface area contributed by atoms with Crippen LogP contribution in [0.5, 0.6) is 0 Å². The first-order valence-corrected chi connectivity index (χ1v) is 7.04. The number of amides is 1. The molecule has 1 aromatic carbocycles. The Bertz CT molecular complexity index is 448. The van der Waals surface area contributed by atoms with Crippen LogP contribution >= 0.6 is 0 Å². The van der Waals surface area contributed by atoms with Crippen LogP contribution in [0, 0.1) is 0 Å². The van der Waals surface area contributed by atoms with Crippen molar-refractivity contribution in [2.24, 2.45) is 0 Å². The number of hydrogen-bond donors (Lipinski definition) is 1. The third kappa shape index (κ3) is 3.35. The second-order valence-electron chi connectivity index (χ2n) is 6.29. The van der Waals surface area contributed by atoms with E-state index in [0.717, 1.165) is 12.2 Å². The molecule has 3 nitrogen and oxygen atoms in total. The monoisotopic (exact) mass is 260 g/mol. The lowest BCUT2D eigenvalue weighted by atomic mass is 10.0. The Labute approximate surface area is 116 Å². The average Bonchev–Trinajstić information content (AvgIpc) is 2.48. The van der Waals surface area contributed by atoms with Crippen LogP contribution in [0.25, 0.3) is 0 Å². The Hall–Kier alpha value is -1.35. The molecular formula is C16H24N2O. The molecule has 1 fully saturated rings. The summed E-state index contributed by atoms with van der Waals surface area (Å²) in [5.74, 6) is 0.724. The zero-order valence-corrected chi connectivity index (χ0v) is 12.4. The molecule has 1 aliphatic rings. The van der Waals surface area contributed by atoms with Gasteiger partial charge in [0, 0.05) is 30.7 Å². The Morgan fingerprint density at radius 1 is 1.21 bits per heavy atom. The van der Waals surface area contributed by atoms with Crippen LogP contribution in [0.15, 0.2) is 24.3 Å². The molecule has 0 spiro atoms. The smallest absolute Gasteiger partial charge is 0.228 e. The highest BCUT2D eigenvalue weighted by atomic mass is 16.2. The summed E-state index contributed by atoms with van der Waals surface area (Å²) in [4.78, 5) is 14.1. The highest BCUT2D eigenvalue weighted by Crippen LogP contribution is 2.23. The first kappa shape index (κ1) is 14.1. The lowest BCUT2D eigenvalue weighted by Crippen LogP contribution is -2.47. The standard InChI is InChI=1S/C16H24N2O/c1-12(2)13-5-7-14(8-6-13)18-11-16(3,4)17-10-9-15(18)19/h5-8,12,17H,9-11H2,1-4H3. The minimum Gasteiger partial charge on any atom is -0.311 e. The molecule has 0 unspecified atom stereocenters. The van der Waals surface area contributed by atoms with E-state index in [-0.39, 0.29) is 11.4 Å². The Morgan fingerprint density at radius 3 is 2.42 bits per heavy atom. The summed E-state index contributed by atoms with van der Waals surface area (Å²) in [6, 6.07) is 8.38. The van der Waals surface area contributed by atoms with Gasteiger partial charge in [0.15, 0.2) is 0 Å². The van der Waals surface area contributed by atoms with E-state index < -0.39 is 0 Å². The predicted octanol–water partition coefficient (Wildman–Crippen LogP) is 2.91. The van der Waals surface area contributed by atoms with Crippen LogP contribution in [-0.4, -0.2) is 24.5 Å². The average molecular weight is 260 g/mol. The fourth-order valence-corrected chi connectivity index (χ4v) is 2.46. The van der Waals surface area contributed by atoms with Gasteiger partial charge >= 0.3 is 0 Å². The maximum absolute atomic E-state index is 12.2. The number of anilines is 1. The molecule has 0 bridgehead atoms. The largest absolute Gasteiger partial charge is 0.311 e. The van der Waals surface area contributed by atoms with Crippen molar-refractivity contribution in [2.75, 3.05) is 18.0 Å². The van der Waals surface area contributed by atoms with Crippen molar-refractivity contribution in [2.45, 2.75) is 45.6 Å². The third-order valence-electron chi connectivity index (χ3n) is 3.67. The van der Waals surface area contributed by atoms with Gasteiger partial charge in [0.05, 0.1) is 0 Å². The van der Waals surface area contributed by atoms with Gasteiger partial charge in [-0.1, -0.05) is 26.0 Å². The van der Waals surface area contributed by atoms with Crippen molar-refractivity contribution in [3.63, 3.8) is 0 Å². The van der Waals surface area contributed by atoms with Gasteiger partial charge in [-0.15, -0.1) is 0 Å². The fourth-order valence-electron chi connectivity index (χ4n) is 2.46. The van der Waals surface area contributed by atoms with E-state index in [2.05, 4.69) is 57.3 Å². The molecule has 0 atom stereocenters. The van der Waals surface area contributed by atoms with Crippen molar-refractivity contribution in [1.82, 2.24) is 5.32 Å². The predicted molar refractivity (Wildman–Crippen MR) is 79.6 cm³/mol. The number of nitrogens with zero attached hydrogens (tertiary/aromatic N) is 1. The first-order valence-electron chi connectivity index (χ1n) is 7.04. The zero-order valence-electron chi connectivity index (χ0n) is 12.4. The van der Waals surface area contributed by atoms with Crippen molar-refractivity contribution in [3.05, 3.63) is 29.8 Å². The maximum atomic E-state index is 12.2. The van der Waals surface area contributed by atoms with Crippen molar-refractivity contribution < 1.29 is 4.79 Å². The summed E-state index contributed by atoms with van der Waals surface area (Å²) in [6.45, 7) is 10.1. The number of carbonyl (C=O) groups is 1. The quantitative estimate of drug-likeness (QED) is 0.886. The molecule has 1 heterocycles. The van der Waals surface area contributed by atoms with E-state index >= 15 is 0 Å². The van der Waals surface area contributed by atoms with E-state index in [1.165, 1.54) is 5.56 Å². The summed E-state index contributed by atoms with van der Waals surface area (Å²) in [5.41, 5.74) is 2.28. The van der Waals surface area contributed by atoms with Crippen LogP contribution in [0.2, 0.25) is 0 Å². The molecule has 1 saturated heterocycles. The molecular weight excluding hydrogens is 236 g/mol. The van der Waals surface area contributed by atoms with Crippen molar-refractivity contribution >= 4 is 11.6 Å². The lowest BCUT2D eigenvalue weighted by molar-refractivity contribution is -0.118. The minimum absolute atomic E-state index is 0.0388.